The maximum Gasteiger partial charge on any atom is 0.410 e. The van der Waals surface area contributed by atoms with Crippen LogP contribution in [0.4, 0.5) is 10.5 Å². The first-order valence-electron chi connectivity index (χ1n) is 13.2. The number of carbonyl (C=O) groups excluding carboxylic acids is 2. The molecule has 0 aliphatic carbocycles. The first-order chi connectivity index (χ1) is 18.5. The third kappa shape index (κ3) is 6.35. The molecule has 4 rings (SSSR count). The quantitative estimate of drug-likeness (QED) is 0.425. The zero-order valence-corrected chi connectivity index (χ0v) is 23.8. The van der Waals surface area contributed by atoms with Gasteiger partial charge in [0.15, 0.2) is 0 Å². The normalized spacial score (nSPS) is 14.2. The van der Waals surface area contributed by atoms with Crippen molar-refractivity contribution in [3.05, 3.63) is 65.0 Å². The number of carbonyl (C=O) groups is 2. The molecule has 0 bridgehead atoms. The minimum Gasteiger partial charge on any atom is -0.497 e. The predicted octanol–water partition coefficient (Wildman–Crippen LogP) is 5.87. The summed E-state index contributed by atoms with van der Waals surface area (Å²) in [5, 5.41) is 7.66. The minimum atomic E-state index is -0.553. The zero-order chi connectivity index (χ0) is 28.3. The zero-order valence-electron chi connectivity index (χ0n) is 23.8. The number of rotatable bonds is 6. The molecule has 0 spiro atoms. The van der Waals surface area contributed by atoms with Crippen LogP contribution in [0.25, 0.3) is 5.69 Å². The number of piperidine rings is 1. The molecule has 3 aromatic rings. The number of anilines is 1. The number of hydrogen-bond acceptors (Lipinski definition) is 6. The van der Waals surface area contributed by atoms with E-state index in [0.29, 0.717) is 48.7 Å². The Morgan fingerprint density at radius 2 is 1.69 bits per heavy atom. The molecule has 1 fully saturated rings. The van der Waals surface area contributed by atoms with Gasteiger partial charge in [0, 0.05) is 25.1 Å². The van der Waals surface area contributed by atoms with Gasteiger partial charge in [0.2, 0.25) is 0 Å². The number of nitrogens with one attached hydrogen (secondary N) is 1. The molecule has 39 heavy (non-hydrogen) atoms. The average Bonchev–Trinajstić information content (AvgIpc) is 3.34. The number of methoxy groups -OCH3 is 2. The minimum absolute atomic E-state index is 0.0146. The van der Waals surface area contributed by atoms with Crippen LogP contribution in [0.5, 0.6) is 11.5 Å². The van der Waals surface area contributed by atoms with Crippen molar-refractivity contribution in [2.24, 2.45) is 0 Å². The summed E-state index contributed by atoms with van der Waals surface area (Å²) in [5.74, 6) is 0.853. The summed E-state index contributed by atoms with van der Waals surface area (Å²) in [6.45, 7) is 10.8. The number of likely N-dealkylation sites (tertiary alicyclic amines) is 1. The predicted molar refractivity (Wildman–Crippen MR) is 150 cm³/mol. The summed E-state index contributed by atoms with van der Waals surface area (Å²) in [6, 6.07) is 11.4. The number of aryl methyl sites for hydroxylation is 2. The highest BCUT2D eigenvalue weighted by molar-refractivity contribution is 6.06. The van der Waals surface area contributed by atoms with Gasteiger partial charge in [-0.1, -0.05) is 6.07 Å². The van der Waals surface area contributed by atoms with Crippen LogP contribution >= 0.6 is 0 Å². The summed E-state index contributed by atoms with van der Waals surface area (Å²) < 4.78 is 18.2. The SMILES string of the molecule is COc1ccc(OC)c(NC(=O)c2cnn(-c3ccc(C)c(C)c3)c2C2CCN(C(=O)OC(C)(C)C)CC2)c1. The van der Waals surface area contributed by atoms with Gasteiger partial charge in [-0.3, -0.25) is 4.79 Å². The lowest BCUT2D eigenvalue weighted by atomic mass is 9.90. The van der Waals surface area contributed by atoms with Crippen LogP contribution in [0.3, 0.4) is 0 Å². The molecular weight excluding hydrogens is 496 g/mol. The maximum atomic E-state index is 13.7. The van der Waals surface area contributed by atoms with Gasteiger partial charge in [-0.05, 0) is 82.9 Å². The van der Waals surface area contributed by atoms with Crippen LogP contribution in [0, 0.1) is 13.8 Å². The number of aromatic nitrogens is 2. The van der Waals surface area contributed by atoms with Crippen molar-refractivity contribution < 1.29 is 23.8 Å². The molecular formula is C30H38N4O5. The fourth-order valence-electron chi connectivity index (χ4n) is 4.75. The number of amides is 2. The number of ether oxygens (including phenoxy) is 3. The van der Waals surface area contributed by atoms with E-state index in [0.717, 1.165) is 16.9 Å². The van der Waals surface area contributed by atoms with Crippen molar-refractivity contribution in [1.29, 1.82) is 0 Å². The van der Waals surface area contributed by atoms with Crippen LogP contribution in [0.1, 0.15) is 66.7 Å². The molecule has 208 valence electrons. The lowest BCUT2D eigenvalue weighted by Gasteiger charge is -2.34. The second-order valence-corrected chi connectivity index (χ2v) is 10.9. The van der Waals surface area contributed by atoms with Gasteiger partial charge in [0.25, 0.3) is 5.91 Å². The van der Waals surface area contributed by atoms with Crippen molar-refractivity contribution in [2.75, 3.05) is 32.6 Å². The van der Waals surface area contributed by atoms with E-state index in [1.807, 2.05) is 31.5 Å². The van der Waals surface area contributed by atoms with Crippen molar-refractivity contribution in [1.82, 2.24) is 14.7 Å². The summed E-state index contributed by atoms with van der Waals surface area (Å²) in [5.41, 5.74) is 4.46. The Morgan fingerprint density at radius 1 is 0.974 bits per heavy atom. The molecule has 1 aliphatic rings. The van der Waals surface area contributed by atoms with Crippen molar-refractivity contribution in [3.63, 3.8) is 0 Å². The summed E-state index contributed by atoms with van der Waals surface area (Å²) in [7, 11) is 3.13. The van der Waals surface area contributed by atoms with Crippen LogP contribution in [-0.2, 0) is 4.74 Å². The standard InChI is InChI=1S/C30H38N4O5/c1-19-8-9-22(16-20(19)2)34-27(21-12-14-33(15-13-21)29(36)39-30(3,4)5)24(18-31-34)28(35)32-25-17-23(37-6)10-11-26(25)38-7/h8-11,16-18,21H,12-15H2,1-7H3,(H,32,35). The molecule has 0 radical (unpaired) electrons. The van der Waals surface area contributed by atoms with Crippen molar-refractivity contribution >= 4 is 17.7 Å². The fourth-order valence-corrected chi connectivity index (χ4v) is 4.75. The van der Waals surface area contributed by atoms with Crippen LogP contribution in [0.15, 0.2) is 42.6 Å². The summed E-state index contributed by atoms with van der Waals surface area (Å²) in [6.07, 6.45) is 2.66. The first kappa shape index (κ1) is 28.0. The lowest BCUT2D eigenvalue weighted by Crippen LogP contribution is -2.41. The molecule has 1 saturated heterocycles. The van der Waals surface area contributed by atoms with Crippen molar-refractivity contribution in [2.45, 2.75) is 59.0 Å². The molecule has 1 aromatic heterocycles. The molecule has 0 saturated carbocycles. The molecule has 1 N–H and O–H groups in total. The largest absolute Gasteiger partial charge is 0.497 e. The van der Waals surface area contributed by atoms with Crippen molar-refractivity contribution in [3.8, 4) is 17.2 Å². The van der Waals surface area contributed by atoms with Gasteiger partial charge in [-0.2, -0.15) is 5.10 Å². The molecule has 9 nitrogen and oxygen atoms in total. The smallest absolute Gasteiger partial charge is 0.410 e. The Morgan fingerprint density at radius 3 is 2.31 bits per heavy atom. The molecule has 2 aromatic carbocycles. The van der Waals surface area contributed by atoms with Crippen LogP contribution in [-0.4, -0.2) is 59.6 Å². The van der Waals surface area contributed by atoms with Gasteiger partial charge >= 0.3 is 6.09 Å². The second kappa shape index (κ2) is 11.4. The fraction of sp³-hybridized carbons (Fsp3) is 0.433. The van der Waals surface area contributed by atoms with E-state index in [4.69, 9.17) is 14.2 Å². The molecule has 2 amide bonds. The number of nitrogens with zero attached hydrogens (tertiary/aromatic N) is 3. The van der Waals surface area contributed by atoms with Gasteiger partial charge < -0.3 is 24.4 Å². The Hall–Kier alpha value is -4.01. The maximum absolute atomic E-state index is 13.7. The van der Waals surface area contributed by atoms with Gasteiger partial charge in [0.05, 0.1) is 43.0 Å². The monoisotopic (exact) mass is 534 g/mol. The molecule has 1 aliphatic heterocycles. The Bertz CT molecular complexity index is 1350. The summed E-state index contributed by atoms with van der Waals surface area (Å²) >= 11 is 0. The molecule has 9 heteroatoms. The average molecular weight is 535 g/mol. The highest BCUT2D eigenvalue weighted by Gasteiger charge is 2.32. The van der Waals surface area contributed by atoms with E-state index in [-0.39, 0.29) is 17.9 Å². The molecule has 0 atom stereocenters. The third-order valence-corrected chi connectivity index (χ3v) is 6.97. The van der Waals surface area contributed by atoms with E-state index in [1.54, 1.807) is 43.5 Å². The highest BCUT2D eigenvalue weighted by Crippen LogP contribution is 2.35. The van der Waals surface area contributed by atoms with E-state index in [9.17, 15) is 9.59 Å². The van der Waals surface area contributed by atoms with E-state index >= 15 is 0 Å². The van der Waals surface area contributed by atoms with E-state index < -0.39 is 5.60 Å². The molecule has 0 unspecified atom stereocenters. The summed E-state index contributed by atoms with van der Waals surface area (Å²) in [4.78, 5) is 28.1. The first-order valence-corrected chi connectivity index (χ1v) is 13.2. The number of hydrogen-bond donors (Lipinski definition) is 1. The van der Waals surface area contributed by atoms with Gasteiger partial charge in [-0.25, -0.2) is 9.48 Å². The van der Waals surface area contributed by atoms with Gasteiger partial charge in [0.1, 0.15) is 17.1 Å². The Balaban J connectivity index is 1.67. The Labute approximate surface area is 230 Å². The van der Waals surface area contributed by atoms with E-state index in [2.05, 4.69) is 36.4 Å². The highest BCUT2D eigenvalue weighted by atomic mass is 16.6. The van der Waals surface area contributed by atoms with Crippen LogP contribution < -0.4 is 14.8 Å². The van der Waals surface area contributed by atoms with Crippen LogP contribution in [0.2, 0.25) is 0 Å². The van der Waals surface area contributed by atoms with Gasteiger partial charge in [-0.15, -0.1) is 0 Å². The van der Waals surface area contributed by atoms with E-state index in [1.165, 1.54) is 5.56 Å². The molecule has 2 heterocycles. The Kier molecular flexibility index (Phi) is 8.18. The third-order valence-electron chi connectivity index (χ3n) is 6.97. The second-order valence-electron chi connectivity index (χ2n) is 10.9. The number of benzene rings is 2. The lowest BCUT2D eigenvalue weighted by molar-refractivity contribution is 0.0203. The topological polar surface area (TPSA) is 94.9 Å².